The summed E-state index contributed by atoms with van der Waals surface area (Å²) in [5.74, 6) is 1.89. The van der Waals surface area contributed by atoms with Gasteiger partial charge in [0.1, 0.15) is 0 Å². The fourth-order valence-corrected chi connectivity index (χ4v) is 2.80. The van der Waals surface area contributed by atoms with E-state index >= 15 is 0 Å². The first-order valence-corrected chi connectivity index (χ1v) is 8.33. The lowest BCUT2D eigenvalue weighted by molar-refractivity contribution is 0.185. The molecule has 1 aliphatic rings. The van der Waals surface area contributed by atoms with Gasteiger partial charge in [-0.05, 0) is 36.8 Å². The summed E-state index contributed by atoms with van der Waals surface area (Å²) in [6, 6.07) is 8.47. The Morgan fingerprint density at radius 3 is 2.65 bits per heavy atom. The molecule has 0 amide bonds. The molecule has 0 radical (unpaired) electrons. The quantitative estimate of drug-likeness (QED) is 0.440. The Kier molecular flexibility index (Phi) is 9.55. The van der Waals surface area contributed by atoms with Gasteiger partial charge in [-0.3, -0.25) is 0 Å². The molecule has 0 spiro atoms. The molecule has 2 rings (SSSR count). The van der Waals surface area contributed by atoms with Gasteiger partial charge in [0.25, 0.3) is 0 Å². The third-order valence-electron chi connectivity index (χ3n) is 4.13. The van der Waals surface area contributed by atoms with Gasteiger partial charge in [0.15, 0.2) is 5.96 Å². The number of aliphatic imine (C=N–C) groups is 1. The largest absolute Gasteiger partial charge is 0.380 e. The van der Waals surface area contributed by atoms with Crippen LogP contribution in [-0.4, -0.2) is 37.6 Å². The summed E-state index contributed by atoms with van der Waals surface area (Å²) in [6.45, 7) is 8.96. The van der Waals surface area contributed by atoms with Crippen LogP contribution in [0.1, 0.15) is 37.8 Å². The van der Waals surface area contributed by atoms with Gasteiger partial charge in [-0.1, -0.05) is 31.2 Å². The lowest BCUT2D eigenvalue weighted by atomic mass is 10.00. The van der Waals surface area contributed by atoms with Gasteiger partial charge in [-0.15, -0.1) is 24.0 Å². The van der Waals surface area contributed by atoms with Crippen molar-refractivity contribution >= 4 is 29.9 Å². The van der Waals surface area contributed by atoms with Crippen molar-refractivity contribution in [3.63, 3.8) is 0 Å². The number of piperidine rings is 1. The molecule has 0 aliphatic carbocycles. The van der Waals surface area contributed by atoms with Crippen LogP contribution in [0.5, 0.6) is 0 Å². The van der Waals surface area contributed by atoms with Gasteiger partial charge in [0.05, 0.1) is 13.2 Å². The second kappa shape index (κ2) is 10.9. The van der Waals surface area contributed by atoms with Gasteiger partial charge < -0.3 is 15.0 Å². The van der Waals surface area contributed by atoms with Crippen LogP contribution in [0.15, 0.2) is 29.3 Å². The van der Waals surface area contributed by atoms with Crippen molar-refractivity contribution in [2.24, 2.45) is 10.9 Å². The predicted octanol–water partition coefficient (Wildman–Crippen LogP) is 3.65. The van der Waals surface area contributed by atoms with Crippen molar-refractivity contribution in [1.29, 1.82) is 0 Å². The number of ether oxygens (including phenoxy) is 1. The van der Waals surface area contributed by atoms with E-state index in [9.17, 15) is 0 Å². The Morgan fingerprint density at radius 2 is 2.00 bits per heavy atom. The highest BCUT2D eigenvalue weighted by Crippen LogP contribution is 2.16. The van der Waals surface area contributed by atoms with Crippen LogP contribution < -0.4 is 5.32 Å². The standard InChI is InChI=1S/C18H29N3O.HI/c1-4-19-18(21-10-8-15(2)9-11-21)20-13-16-6-5-7-17(12-16)14-22-3;/h5-7,12,15H,4,8-11,13-14H2,1-3H3,(H,19,20);1H. The summed E-state index contributed by atoms with van der Waals surface area (Å²) in [5, 5.41) is 3.43. The van der Waals surface area contributed by atoms with Crippen LogP contribution in [0.3, 0.4) is 0 Å². The number of methoxy groups -OCH3 is 1. The summed E-state index contributed by atoms with van der Waals surface area (Å²) in [4.78, 5) is 7.22. The number of nitrogens with one attached hydrogen (secondary N) is 1. The number of benzene rings is 1. The Bertz CT molecular complexity index is 485. The van der Waals surface area contributed by atoms with Gasteiger partial charge in [0.2, 0.25) is 0 Å². The lowest BCUT2D eigenvalue weighted by Gasteiger charge is -2.33. The molecule has 0 bridgehead atoms. The first-order chi connectivity index (χ1) is 10.7. The molecule has 0 atom stereocenters. The van der Waals surface area contributed by atoms with Crippen molar-refractivity contribution in [1.82, 2.24) is 10.2 Å². The van der Waals surface area contributed by atoms with E-state index in [-0.39, 0.29) is 24.0 Å². The Balaban J connectivity index is 0.00000264. The minimum absolute atomic E-state index is 0. The van der Waals surface area contributed by atoms with Crippen LogP contribution in [0.2, 0.25) is 0 Å². The summed E-state index contributed by atoms with van der Waals surface area (Å²) in [5.41, 5.74) is 2.43. The Hall–Kier alpha value is -0.820. The predicted molar refractivity (Wildman–Crippen MR) is 107 cm³/mol. The van der Waals surface area contributed by atoms with Crippen molar-refractivity contribution in [3.05, 3.63) is 35.4 Å². The van der Waals surface area contributed by atoms with E-state index in [2.05, 4.69) is 48.3 Å². The van der Waals surface area contributed by atoms with Crippen LogP contribution in [0.25, 0.3) is 0 Å². The van der Waals surface area contributed by atoms with E-state index in [1.165, 1.54) is 24.0 Å². The van der Waals surface area contributed by atoms with Gasteiger partial charge in [-0.25, -0.2) is 4.99 Å². The smallest absolute Gasteiger partial charge is 0.194 e. The monoisotopic (exact) mass is 431 g/mol. The van der Waals surface area contributed by atoms with Crippen molar-refractivity contribution in [2.45, 2.75) is 39.8 Å². The average Bonchev–Trinajstić information content (AvgIpc) is 2.53. The molecule has 1 N–H and O–H groups in total. The second-order valence-corrected chi connectivity index (χ2v) is 6.09. The molecule has 4 nitrogen and oxygen atoms in total. The molecular weight excluding hydrogens is 401 g/mol. The number of likely N-dealkylation sites (tertiary alicyclic amines) is 1. The number of nitrogens with zero attached hydrogens (tertiary/aromatic N) is 2. The molecule has 130 valence electrons. The van der Waals surface area contributed by atoms with E-state index in [1.807, 2.05) is 0 Å². The highest BCUT2D eigenvalue weighted by molar-refractivity contribution is 14.0. The fourth-order valence-electron chi connectivity index (χ4n) is 2.80. The zero-order valence-corrected chi connectivity index (χ0v) is 16.9. The van der Waals surface area contributed by atoms with Gasteiger partial charge in [-0.2, -0.15) is 0 Å². The van der Waals surface area contributed by atoms with Gasteiger partial charge >= 0.3 is 0 Å². The summed E-state index contributed by atoms with van der Waals surface area (Å²) >= 11 is 0. The number of rotatable bonds is 5. The van der Waals surface area contributed by atoms with Crippen LogP contribution >= 0.6 is 24.0 Å². The number of hydrogen-bond acceptors (Lipinski definition) is 2. The molecule has 1 aliphatic heterocycles. The molecular formula is C18H30IN3O. The topological polar surface area (TPSA) is 36.9 Å². The SMILES string of the molecule is CCNC(=NCc1cccc(COC)c1)N1CCC(C)CC1.I. The molecule has 1 heterocycles. The third kappa shape index (κ3) is 6.67. The lowest BCUT2D eigenvalue weighted by Crippen LogP contribution is -2.45. The molecule has 0 aromatic heterocycles. The minimum atomic E-state index is 0. The van der Waals surface area contributed by atoms with Crippen molar-refractivity contribution < 1.29 is 4.74 Å². The maximum Gasteiger partial charge on any atom is 0.194 e. The molecule has 1 aromatic rings. The Labute approximate surface area is 157 Å². The van der Waals surface area contributed by atoms with Crippen LogP contribution in [-0.2, 0) is 17.9 Å². The van der Waals surface area contributed by atoms with Gasteiger partial charge in [0, 0.05) is 26.7 Å². The van der Waals surface area contributed by atoms with E-state index in [0.29, 0.717) is 13.2 Å². The second-order valence-electron chi connectivity index (χ2n) is 6.09. The minimum Gasteiger partial charge on any atom is -0.380 e. The normalized spacial score (nSPS) is 16.1. The van der Waals surface area contributed by atoms with Crippen molar-refractivity contribution in [3.8, 4) is 0 Å². The molecule has 5 heteroatoms. The van der Waals surface area contributed by atoms with E-state index in [1.54, 1.807) is 7.11 Å². The zero-order valence-electron chi connectivity index (χ0n) is 14.5. The fraction of sp³-hybridized carbons (Fsp3) is 0.611. The maximum absolute atomic E-state index is 5.20. The van der Waals surface area contributed by atoms with Crippen LogP contribution in [0.4, 0.5) is 0 Å². The molecule has 1 aromatic carbocycles. The molecule has 23 heavy (non-hydrogen) atoms. The highest BCUT2D eigenvalue weighted by atomic mass is 127. The number of halogens is 1. The third-order valence-corrected chi connectivity index (χ3v) is 4.13. The summed E-state index contributed by atoms with van der Waals surface area (Å²) in [6.07, 6.45) is 2.52. The van der Waals surface area contributed by atoms with E-state index in [4.69, 9.17) is 9.73 Å². The van der Waals surface area contributed by atoms with E-state index < -0.39 is 0 Å². The first-order valence-electron chi connectivity index (χ1n) is 8.33. The molecule has 0 saturated carbocycles. The maximum atomic E-state index is 5.20. The van der Waals surface area contributed by atoms with Crippen LogP contribution in [0, 0.1) is 5.92 Å². The summed E-state index contributed by atoms with van der Waals surface area (Å²) < 4.78 is 5.20. The molecule has 1 fully saturated rings. The average molecular weight is 431 g/mol. The Morgan fingerprint density at radius 1 is 1.30 bits per heavy atom. The summed E-state index contributed by atoms with van der Waals surface area (Å²) in [7, 11) is 1.73. The first kappa shape index (κ1) is 20.2. The number of hydrogen-bond donors (Lipinski definition) is 1. The van der Waals surface area contributed by atoms with Crippen molar-refractivity contribution in [2.75, 3.05) is 26.7 Å². The molecule has 0 unspecified atom stereocenters. The van der Waals surface area contributed by atoms with E-state index in [0.717, 1.165) is 31.5 Å². The number of guanidine groups is 1. The zero-order chi connectivity index (χ0) is 15.8. The highest BCUT2D eigenvalue weighted by Gasteiger charge is 2.18. The molecule has 1 saturated heterocycles.